The summed E-state index contributed by atoms with van der Waals surface area (Å²) in [5.41, 5.74) is 7.47. The molecular weight excluding hydrogens is 204 g/mol. The first-order valence-corrected chi connectivity index (χ1v) is 6.82. The molecule has 15 heavy (non-hydrogen) atoms. The summed E-state index contributed by atoms with van der Waals surface area (Å²) < 4.78 is 0. The van der Waals surface area contributed by atoms with E-state index in [1.807, 2.05) is 11.3 Å². The van der Waals surface area contributed by atoms with Crippen LogP contribution in [-0.2, 0) is 5.54 Å². The van der Waals surface area contributed by atoms with Crippen LogP contribution in [0.4, 0.5) is 0 Å². The predicted octanol–water partition coefficient (Wildman–Crippen LogP) is 2.99. The van der Waals surface area contributed by atoms with E-state index in [1.54, 1.807) is 0 Å². The number of hydrogen-bond donors (Lipinski definition) is 1. The molecule has 2 unspecified atom stereocenters. The molecule has 2 fully saturated rings. The van der Waals surface area contributed by atoms with Crippen molar-refractivity contribution in [2.75, 3.05) is 0 Å². The van der Waals surface area contributed by atoms with E-state index in [-0.39, 0.29) is 5.54 Å². The largest absolute Gasteiger partial charge is 0.320 e. The summed E-state index contributed by atoms with van der Waals surface area (Å²) >= 11 is 1.82. The van der Waals surface area contributed by atoms with Gasteiger partial charge in [0.1, 0.15) is 0 Å². The smallest absolute Gasteiger partial charge is 0.0962 e. The molecule has 3 rings (SSSR count). The van der Waals surface area contributed by atoms with E-state index in [0.29, 0.717) is 0 Å². The highest BCUT2D eigenvalue weighted by Crippen LogP contribution is 2.49. The minimum atomic E-state index is -0.0904. The van der Waals surface area contributed by atoms with Crippen LogP contribution < -0.4 is 5.73 Å². The average Bonchev–Trinajstić information content (AvgIpc) is 2.73. The molecule has 1 heterocycles. The van der Waals surface area contributed by atoms with Gasteiger partial charge in [0.2, 0.25) is 0 Å². The Balaban J connectivity index is 1.83. The lowest BCUT2D eigenvalue weighted by atomic mass is 9.96. The standard InChI is InChI=1S/C12H18N2S/c1-8-6-9(8)11-14-10(7-15-11)12(13)4-2-3-5-12/h7-9H,2-6,13H2,1H3. The van der Waals surface area contributed by atoms with Crippen LogP contribution in [0.3, 0.4) is 0 Å². The number of nitrogens with two attached hydrogens (primary N) is 1. The normalized spacial score (nSPS) is 33.2. The molecule has 0 amide bonds. The maximum Gasteiger partial charge on any atom is 0.0962 e. The third kappa shape index (κ3) is 1.62. The van der Waals surface area contributed by atoms with Crippen molar-refractivity contribution in [1.82, 2.24) is 4.98 Å². The first-order chi connectivity index (χ1) is 7.19. The molecular formula is C12H18N2S. The molecule has 2 atom stereocenters. The van der Waals surface area contributed by atoms with Crippen molar-refractivity contribution >= 4 is 11.3 Å². The molecule has 3 heteroatoms. The Bertz CT molecular complexity index is 365. The van der Waals surface area contributed by atoms with Crippen LogP contribution in [0, 0.1) is 5.92 Å². The summed E-state index contributed by atoms with van der Waals surface area (Å²) in [6, 6.07) is 0. The van der Waals surface area contributed by atoms with E-state index in [1.165, 1.54) is 30.0 Å². The monoisotopic (exact) mass is 222 g/mol. The first-order valence-electron chi connectivity index (χ1n) is 5.94. The van der Waals surface area contributed by atoms with E-state index >= 15 is 0 Å². The van der Waals surface area contributed by atoms with Gasteiger partial charge in [-0.25, -0.2) is 4.98 Å². The maximum absolute atomic E-state index is 6.39. The number of thiazole rings is 1. The van der Waals surface area contributed by atoms with Crippen LogP contribution in [-0.4, -0.2) is 4.98 Å². The van der Waals surface area contributed by atoms with Gasteiger partial charge in [0.05, 0.1) is 16.2 Å². The molecule has 0 aliphatic heterocycles. The molecule has 0 radical (unpaired) electrons. The molecule has 0 spiro atoms. The van der Waals surface area contributed by atoms with Crippen molar-refractivity contribution < 1.29 is 0 Å². The third-order valence-corrected chi connectivity index (χ3v) is 4.93. The van der Waals surface area contributed by atoms with Crippen molar-refractivity contribution in [2.45, 2.75) is 50.5 Å². The van der Waals surface area contributed by atoms with Gasteiger partial charge in [-0.3, -0.25) is 0 Å². The molecule has 0 bridgehead atoms. The highest BCUT2D eigenvalue weighted by molar-refractivity contribution is 7.09. The van der Waals surface area contributed by atoms with Gasteiger partial charge in [-0.1, -0.05) is 19.8 Å². The summed E-state index contributed by atoms with van der Waals surface area (Å²) in [6.07, 6.45) is 6.10. The Labute approximate surface area is 94.9 Å². The lowest BCUT2D eigenvalue weighted by Crippen LogP contribution is -2.33. The van der Waals surface area contributed by atoms with E-state index < -0.39 is 0 Å². The van der Waals surface area contributed by atoms with E-state index in [0.717, 1.165) is 24.7 Å². The molecule has 1 aromatic heterocycles. The average molecular weight is 222 g/mol. The summed E-state index contributed by atoms with van der Waals surface area (Å²) in [7, 11) is 0. The summed E-state index contributed by atoms with van der Waals surface area (Å²) in [6.45, 7) is 2.31. The lowest BCUT2D eigenvalue weighted by molar-refractivity contribution is 0.449. The lowest BCUT2D eigenvalue weighted by Gasteiger charge is -2.20. The molecule has 0 aromatic carbocycles. The van der Waals surface area contributed by atoms with Gasteiger partial charge in [0.15, 0.2) is 0 Å². The summed E-state index contributed by atoms with van der Waals surface area (Å²) in [4.78, 5) is 4.77. The van der Waals surface area contributed by atoms with Crippen LogP contribution >= 0.6 is 11.3 Å². The van der Waals surface area contributed by atoms with E-state index in [2.05, 4.69) is 12.3 Å². The fourth-order valence-corrected chi connectivity index (χ4v) is 3.79. The van der Waals surface area contributed by atoms with Gasteiger partial charge in [-0.15, -0.1) is 11.3 Å². The van der Waals surface area contributed by atoms with Crippen LogP contribution in [0.15, 0.2) is 5.38 Å². The molecule has 2 aliphatic rings. The number of nitrogens with zero attached hydrogens (tertiary/aromatic N) is 1. The Morgan fingerprint density at radius 3 is 2.73 bits per heavy atom. The van der Waals surface area contributed by atoms with Crippen molar-refractivity contribution in [2.24, 2.45) is 11.7 Å². The second-order valence-corrected chi connectivity index (χ2v) is 6.14. The van der Waals surface area contributed by atoms with Crippen LogP contribution in [0.2, 0.25) is 0 Å². The second-order valence-electron chi connectivity index (χ2n) is 5.25. The SMILES string of the molecule is CC1CC1c1nc(C2(N)CCCC2)cs1. The van der Waals surface area contributed by atoms with Crippen LogP contribution in [0.1, 0.15) is 55.6 Å². The molecule has 2 aliphatic carbocycles. The van der Waals surface area contributed by atoms with E-state index in [9.17, 15) is 0 Å². The van der Waals surface area contributed by atoms with Gasteiger partial charge in [0.25, 0.3) is 0 Å². The van der Waals surface area contributed by atoms with Crippen molar-refractivity contribution in [3.63, 3.8) is 0 Å². The minimum Gasteiger partial charge on any atom is -0.320 e. The zero-order valence-electron chi connectivity index (χ0n) is 9.20. The highest BCUT2D eigenvalue weighted by Gasteiger charge is 2.39. The zero-order chi connectivity index (χ0) is 10.5. The Morgan fingerprint density at radius 1 is 1.47 bits per heavy atom. The zero-order valence-corrected chi connectivity index (χ0v) is 10.0. The first kappa shape index (κ1) is 9.79. The third-order valence-electron chi connectivity index (χ3n) is 3.95. The Kier molecular flexibility index (Phi) is 2.15. The fraction of sp³-hybridized carbons (Fsp3) is 0.750. The minimum absolute atomic E-state index is 0.0904. The van der Waals surface area contributed by atoms with Gasteiger partial charge in [-0.05, 0) is 25.2 Å². The van der Waals surface area contributed by atoms with Crippen molar-refractivity contribution in [3.8, 4) is 0 Å². The van der Waals surface area contributed by atoms with Gasteiger partial charge in [0, 0.05) is 11.3 Å². The quantitative estimate of drug-likeness (QED) is 0.835. The van der Waals surface area contributed by atoms with E-state index in [4.69, 9.17) is 10.7 Å². The molecule has 2 nitrogen and oxygen atoms in total. The maximum atomic E-state index is 6.39. The van der Waals surface area contributed by atoms with Crippen LogP contribution in [0.5, 0.6) is 0 Å². The molecule has 1 aromatic rings. The molecule has 2 saturated carbocycles. The number of rotatable bonds is 2. The Morgan fingerprint density at radius 2 is 2.13 bits per heavy atom. The van der Waals surface area contributed by atoms with Crippen molar-refractivity contribution in [3.05, 3.63) is 16.1 Å². The molecule has 82 valence electrons. The van der Waals surface area contributed by atoms with Gasteiger partial charge in [-0.2, -0.15) is 0 Å². The summed E-state index contributed by atoms with van der Waals surface area (Å²) in [5.74, 6) is 1.59. The fourth-order valence-electron chi connectivity index (χ4n) is 2.61. The summed E-state index contributed by atoms with van der Waals surface area (Å²) in [5, 5.41) is 3.53. The molecule has 0 saturated heterocycles. The Hall–Kier alpha value is -0.410. The van der Waals surface area contributed by atoms with Crippen LogP contribution in [0.25, 0.3) is 0 Å². The number of aromatic nitrogens is 1. The van der Waals surface area contributed by atoms with Gasteiger partial charge >= 0.3 is 0 Å². The molecule has 2 N–H and O–H groups in total. The topological polar surface area (TPSA) is 38.9 Å². The predicted molar refractivity (Wildman–Crippen MR) is 63.0 cm³/mol. The van der Waals surface area contributed by atoms with Gasteiger partial charge < -0.3 is 5.73 Å². The number of hydrogen-bond acceptors (Lipinski definition) is 3. The second kappa shape index (κ2) is 3.29. The highest BCUT2D eigenvalue weighted by atomic mass is 32.1. The van der Waals surface area contributed by atoms with Crippen molar-refractivity contribution in [1.29, 1.82) is 0 Å².